The molecule has 0 aliphatic carbocycles. The van der Waals surface area contributed by atoms with E-state index in [1.165, 1.54) is 19.2 Å². The van der Waals surface area contributed by atoms with Crippen LogP contribution in [-0.2, 0) is 16.6 Å². The van der Waals surface area contributed by atoms with Gasteiger partial charge in [0.05, 0.1) is 11.4 Å². The molecule has 0 bridgehead atoms. The van der Waals surface area contributed by atoms with Crippen molar-refractivity contribution in [1.82, 2.24) is 15.4 Å². The highest BCUT2D eigenvalue weighted by atomic mass is 127. The summed E-state index contributed by atoms with van der Waals surface area (Å²) in [5.41, 5.74) is 0.811. The van der Waals surface area contributed by atoms with E-state index in [0.717, 1.165) is 35.7 Å². The fraction of sp³-hybridized carbons (Fsp3) is 0.350. The molecule has 166 valence electrons. The first-order valence-corrected chi connectivity index (χ1v) is 11.8. The molecule has 0 unspecified atom stereocenters. The van der Waals surface area contributed by atoms with Gasteiger partial charge in [0.15, 0.2) is 5.96 Å². The van der Waals surface area contributed by atoms with E-state index in [1.54, 1.807) is 42.1 Å². The van der Waals surface area contributed by atoms with E-state index in [4.69, 9.17) is 0 Å². The minimum absolute atomic E-state index is 0. The Morgan fingerprint density at radius 3 is 2.53 bits per heavy atom. The average molecular weight is 567 g/mol. The molecular formula is C20H28FIN4O2S2. The molecular weight excluding hydrogens is 538 g/mol. The Hall–Kier alpha value is -1.37. The largest absolute Gasteiger partial charge is 0.357 e. The second kappa shape index (κ2) is 13.8. The second-order valence-corrected chi connectivity index (χ2v) is 9.19. The zero-order chi connectivity index (χ0) is 21.1. The molecule has 3 N–H and O–H groups in total. The van der Waals surface area contributed by atoms with Gasteiger partial charge in [-0.3, -0.25) is 0 Å². The van der Waals surface area contributed by atoms with E-state index in [9.17, 15) is 12.8 Å². The Bertz CT molecular complexity index is 909. The van der Waals surface area contributed by atoms with Crippen LogP contribution in [-0.4, -0.2) is 40.3 Å². The van der Waals surface area contributed by atoms with Crippen molar-refractivity contribution in [3.8, 4) is 0 Å². The Labute approximate surface area is 199 Å². The van der Waals surface area contributed by atoms with Crippen molar-refractivity contribution in [2.24, 2.45) is 4.99 Å². The molecule has 2 aromatic carbocycles. The quantitative estimate of drug-likeness (QED) is 0.135. The Balaban J connectivity index is 0.00000450. The fourth-order valence-electron chi connectivity index (χ4n) is 2.44. The average Bonchev–Trinajstić information content (AvgIpc) is 2.73. The SMILES string of the molecule is CCNC(=NCc1cccc(S(=O)(=O)NC)c1)NCCCSc1ccc(F)cc1.I. The topological polar surface area (TPSA) is 82.6 Å². The summed E-state index contributed by atoms with van der Waals surface area (Å²) in [7, 11) is -2.08. The Morgan fingerprint density at radius 1 is 1.13 bits per heavy atom. The lowest BCUT2D eigenvalue weighted by Crippen LogP contribution is -2.37. The van der Waals surface area contributed by atoms with Crippen LogP contribution in [0.4, 0.5) is 4.39 Å². The van der Waals surface area contributed by atoms with Crippen molar-refractivity contribution in [1.29, 1.82) is 0 Å². The lowest BCUT2D eigenvalue weighted by molar-refractivity contribution is 0.588. The minimum atomic E-state index is -3.47. The lowest BCUT2D eigenvalue weighted by atomic mass is 10.2. The monoisotopic (exact) mass is 566 g/mol. The van der Waals surface area contributed by atoms with Gasteiger partial charge in [0.25, 0.3) is 0 Å². The molecule has 0 spiro atoms. The highest BCUT2D eigenvalue weighted by Crippen LogP contribution is 2.18. The third-order valence-electron chi connectivity index (χ3n) is 3.94. The normalized spacial score (nSPS) is 11.6. The molecule has 0 atom stereocenters. The van der Waals surface area contributed by atoms with Crippen LogP contribution in [0.3, 0.4) is 0 Å². The molecule has 0 aliphatic rings. The van der Waals surface area contributed by atoms with Gasteiger partial charge in [-0.2, -0.15) is 0 Å². The minimum Gasteiger partial charge on any atom is -0.357 e. The Morgan fingerprint density at radius 2 is 1.87 bits per heavy atom. The van der Waals surface area contributed by atoms with E-state index >= 15 is 0 Å². The van der Waals surface area contributed by atoms with Crippen LogP contribution in [0.15, 0.2) is 63.3 Å². The van der Waals surface area contributed by atoms with Crippen molar-refractivity contribution in [3.63, 3.8) is 0 Å². The number of benzene rings is 2. The van der Waals surface area contributed by atoms with Crippen molar-refractivity contribution in [2.45, 2.75) is 29.7 Å². The third kappa shape index (κ3) is 9.19. The smallest absolute Gasteiger partial charge is 0.240 e. The molecule has 0 amide bonds. The van der Waals surface area contributed by atoms with Crippen LogP contribution < -0.4 is 15.4 Å². The summed E-state index contributed by atoms with van der Waals surface area (Å²) in [6.07, 6.45) is 0.919. The Kier molecular flexibility index (Phi) is 12.3. The zero-order valence-corrected chi connectivity index (χ0v) is 21.0. The third-order valence-corrected chi connectivity index (χ3v) is 6.45. The van der Waals surface area contributed by atoms with Crippen LogP contribution in [0.1, 0.15) is 18.9 Å². The first-order valence-electron chi connectivity index (χ1n) is 9.37. The number of hydrogen-bond acceptors (Lipinski definition) is 4. The van der Waals surface area contributed by atoms with Crippen LogP contribution >= 0.6 is 35.7 Å². The first kappa shape index (κ1) is 26.7. The van der Waals surface area contributed by atoms with Crippen LogP contribution in [0.2, 0.25) is 0 Å². The van der Waals surface area contributed by atoms with Crippen molar-refractivity contribution in [3.05, 3.63) is 59.9 Å². The predicted molar refractivity (Wildman–Crippen MR) is 133 cm³/mol. The molecule has 6 nitrogen and oxygen atoms in total. The van der Waals surface area contributed by atoms with Gasteiger partial charge < -0.3 is 10.6 Å². The van der Waals surface area contributed by atoms with E-state index in [1.807, 2.05) is 13.0 Å². The van der Waals surface area contributed by atoms with E-state index < -0.39 is 10.0 Å². The van der Waals surface area contributed by atoms with Crippen molar-refractivity contribution in [2.75, 3.05) is 25.9 Å². The molecule has 10 heteroatoms. The summed E-state index contributed by atoms with van der Waals surface area (Å²) in [4.78, 5) is 5.80. The summed E-state index contributed by atoms with van der Waals surface area (Å²) in [5.74, 6) is 1.36. The van der Waals surface area contributed by atoms with Gasteiger partial charge in [-0.05, 0) is 68.1 Å². The van der Waals surface area contributed by atoms with Gasteiger partial charge in [0.1, 0.15) is 5.82 Å². The van der Waals surface area contributed by atoms with Gasteiger partial charge in [-0.1, -0.05) is 12.1 Å². The predicted octanol–water partition coefficient (Wildman–Crippen LogP) is 3.59. The molecule has 2 rings (SSSR count). The molecule has 0 fully saturated rings. The standard InChI is InChI=1S/C20H27FN4O2S2.HI/c1-3-23-20(24-12-5-13-28-18-10-8-17(21)9-11-18)25-15-16-6-4-7-19(14-16)29(26,27)22-2;/h4,6-11,14,22H,3,5,12-13,15H2,1-2H3,(H2,23,24,25);1H. The molecule has 0 heterocycles. The number of thioether (sulfide) groups is 1. The van der Waals surface area contributed by atoms with E-state index in [-0.39, 0.29) is 34.7 Å². The molecule has 0 saturated heterocycles. The number of hydrogen-bond donors (Lipinski definition) is 3. The van der Waals surface area contributed by atoms with Crippen LogP contribution in [0, 0.1) is 5.82 Å². The number of nitrogens with zero attached hydrogens (tertiary/aromatic N) is 1. The number of sulfonamides is 1. The van der Waals surface area contributed by atoms with Gasteiger partial charge in [-0.15, -0.1) is 35.7 Å². The number of halogens is 2. The second-order valence-electron chi connectivity index (χ2n) is 6.13. The molecule has 0 saturated carbocycles. The zero-order valence-electron chi connectivity index (χ0n) is 17.0. The summed E-state index contributed by atoms with van der Waals surface area (Å²) in [6, 6.07) is 13.2. The van der Waals surface area contributed by atoms with Crippen molar-refractivity contribution >= 4 is 51.7 Å². The molecule has 0 radical (unpaired) electrons. The van der Waals surface area contributed by atoms with E-state index in [2.05, 4.69) is 20.3 Å². The fourth-order valence-corrected chi connectivity index (χ4v) is 4.09. The van der Waals surface area contributed by atoms with Gasteiger partial charge in [0, 0.05) is 18.0 Å². The van der Waals surface area contributed by atoms with Gasteiger partial charge in [-0.25, -0.2) is 22.5 Å². The molecule has 0 aromatic heterocycles. The number of nitrogens with one attached hydrogen (secondary N) is 3. The summed E-state index contributed by atoms with van der Waals surface area (Å²) < 4.78 is 39.1. The lowest BCUT2D eigenvalue weighted by Gasteiger charge is -2.11. The molecule has 0 aliphatic heterocycles. The summed E-state index contributed by atoms with van der Waals surface area (Å²) >= 11 is 1.68. The maximum absolute atomic E-state index is 12.9. The maximum Gasteiger partial charge on any atom is 0.240 e. The van der Waals surface area contributed by atoms with Crippen LogP contribution in [0.25, 0.3) is 0 Å². The summed E-state index contributed by atoms with van der Waals surface area (Å²) in [5, 5.41) is 6.46. The summed E-state index contributed by atoms with van der Waals surface area (Å²) in [6.45, 7) is 3.83. The number of guanidine groups is 1. The highest BCUT2D eigenvalue weighted by molar-refractivity contribution is 14.0. The van der Waals surface area contributed by atoms with Crippen LogP contribution in [0.5, 0.6) is 0 Å². The van der Waals surface area contributed by atoms with Crippen molar-refractivity contribution < 1.29 is 12.8 Å². The number of aliphatic imine (C=N–C) groups is 1. The van der Waals surface area contributed by atoms with Gasteiger partial charge >= 0.3 is 0 Å². The number of rotatable bonds is 10. The highest BCUT2D eigenvalue weighted by Gasteiger charge is 2.11. The van der Waals surface area contributed by atoms with Gasteiger partial charge in [0.2, 0.25) is 10.0 Å². The molecule has 30 heavy (non-hydrogen) atoms. The van der Waals surface area contributed by atoms with E-state index in [0.29, 0.717) is 12.5 Å². The molecule has 2 aromatic rings. The first-order chi connectivity index (χ1) is 13.9. The maximum atomic E-state index is 12.9.